The largest absolute Gasteiger partial charge is 0.673 e. The van der Waals surface area contributed by atoms with Gasteiger partial charge in [0.15, 0.2) is 0 Å². The first-order valence-electron chi connectivity index (χ1n) is 6.08. The highest BCUT2D eigenvalue weighted by Gasteiger charge is 2.20. The van der Waals surface area contributed by atoms with Crippen molar-refractivity contribution in [3.63, 3.8) is 0 Å². The summed E-state index contributed by atoms with van der Waals surface area (Å²) in [4.78, 5) is 1.99. The highest BCUT2D eigenvalue weighted by molar-refractivity contribution is 6.50. The minimum atomic E-state index is -6.00. The summed E-state index contributed by atoms with van der Waals surface area (Å²) in [7, 11) is -0.0307. The van der Waals surface area contributed by atoms with Crippen LogP contribution in [0.25, 0.3) is 16.9 Å². The lowest BCUT2D eigenvalue weighted by atomic mass is 10.3. The molecule has 116 valence electrons. The summed E-state index contributed by atoms with van der Waals surface area (Å²) >= 11 is 0. The van der Waals surface area contributed by atoms with Gasteiger partial charge in [0.1, 0.15) is 11.0 Å². The van der Waals surface area contributed by atoms with Crippen LogP contribution in [0.15, 0.2) is 30.5 Å². The Morgan fingerprint density at radius 3 is 2.33 bits per heavy atom. The molecule has 0 bridgehead atoms. The number of halogens is 4. The minimum Gasteiger partial charge on any atom is -0.418 e. The quantitative estimate of drug-likeness (QED) is 0.686. The third-order valence-electron chi connectivity index (χ3n) is 2.28. The van der Waals surface area contributed by atoms with Gasteiger partial charge in [-0.05, 0) is 12.1 Å². The molecule has 1 heterocycles. The first-order valence-corrected chi connectivity index (χ1v) is 6.08. The van der Waals surface area contributed by atoms with Gasteiger partial charge in [0, 0.05) is 14.1 Å². The van der Waals surface area contributed by atoms with Crippen LogP contribution in [0, 0.1) is 0 Å². The topological polar surface area (TPSA) is 50.6 Å². The van der Waals surface area contributed by atoms with E-state index < -0.39 is 7.25 Å². The molecule has 10 heteroatoms. The Labute approximate surface area is 119 Å². The average molecular weight is 305 g/mol. The molecule has 0 spiro atoms. The number of quaternary nitrogens is 1. The molecule has 0 amide bonds. The normalized spacial score (nSPS) is 12.0. The number of hydrogen-bond donors (Lipinski definition) is 1. The molecule has 0 unspecified atom stereocenters. The number of benzene rings is 1. The molecule has 0 radical (unpaired) electrons. The van der Waals surface area contributed by atoms with Crippen LogP contribution < -0.4 is 5.32 Å². The smallest absolute Gasteiger partial charge is 0.418 e. The summed E-state index contributed by atoms with van der Waals surface area (Å²) in [5, 5.41) is 10.3. The molecule has 2 rings (SSSR count). The maximum atomic E-state index is 9.75. The molecule has 0 atom stereocenters. The SMILES string of the molecule is C[NH2+]C(=CN(C)C)n1nnc2ccccc21.F[B-](F)(F)F. The zero-order valence-electron chi connectivity index (χ0n) is 11.8. The summed E-state index contributed by atoms with van der Waals surface area (Å²) in [5.74, 6) is 1.01. The lowest BCUT2D eigenvalue weighted by Crippen LogP contribution is -2.77. The van der Waals surface area contributed by atoms with E-state index in [1.54, 1.807) is 0 Å². The Kier molecular flexibility index (Phi) is 5.71. The third kappa shape index (κ3) is 5.82. The van der Waals surface area contributed by atoms with Crippen molar-refractivity contribution in [1.29, 1.82) is 0 Å². The molecule has 5 nitrogen and oxygen atoms in total. The molecular formula is C11H16BF4N5. The van der Waals surface area contributed by atoms with E-state index in [2.05, 4.69) is 10.3 Å². The zero-order valence-corrected chi connectivity index (χ0v) is 11.8. The van der Waals surface area contributed by atoms with Gasteiger partial charge in [-0.3, -0.25) is 5.32 Å². The fraction of sp³-hybridized carbons (Fsp3) is 0.273. The zero-order chi connectivity index (χ0) is 16.0. The minimum absolute atomic E-state index is 0.911. The number of aromatic nitrogens is 3. The number of para-hydroxylation sites is 1. The molecule has 2 aromatic rings. The summed E-state index contributed by atoms with van der Waals surface area (Å²) in [5.41, 5.74) is 1.93. The maximum absolute atomic E-state index is 9.75. The summed E-state index contributed by atoms with van der Waals surface area (Å²) in [6.45, 7) is 0. The highest BCUT2D eigenvalue weighted by Crippen LogP contribution is 2.11. The third-order valence-corrected chi connectivity index (χ3v) is 2.28. The average Bonchev–Trinajstić information content (AvgIpc) is 2.77. The number of fused-ring (bicyclic) bond motifs is 1. The predicted molar refractivity (Wildman–Crippen MR) is 73.5 cm³/mol. The van der Waals surface area contributed by atoms with E-state index in [0.717, 1.165) is 16.9 Å². The Hall–Kier alpha value is -2.10. The van der Waals surface area contributed by atoms with Crippen LogP contribution in [-0.2, 0) is 0 Å². The van der Waals surface area contributed by atoms with Gasteiger partial charge in [0.25, 0.3) is 0 Å². The molecule has 0 aliphatic heterocycles. The van der Waals surface area contributed by atoms with Gasteiger partial charge >= 0.3 is 7.25 Å². The highest BCUT2D eigenvalue weighted by atomic mass is 19.5. The van der Waals surface area contributed by atoms with E-state index in [9.17, 15) is 17.3 Å². The van der Waals surface area contributed by atoms with Crippen LogP contribution in [0.5, 0.6) is 0 Å². The standard InChI is InChI=1S/C11H15N5.BF4/c1-12-11(8-15(2)3)16-10-7-5-4-6-9(10)13-14-16;2-1(3,4)5/h4-8,12H,1-3H3;/q;-1/p+1. The van der Waals surface area contributed by atoms with Crippen molar-refractivity contribution in [1.82, 2.24) is 19.9 Å². The van der Waals surface area contributed by atoms with Crippen LogP contribution in [0.3, 0.4) is 0 Å². The van der Waals surface area contributed by atoms with Crippen molar-refractivity contribution in [3.8, 4) is 0 Å². The van der Waals surface area contributed by atoms with Crippen LogP contribution in [0.1, 0.15) is 0 Å². The molecule has 1 aromatic carbocycles. The van der Waals surface area contributed by atoms with E-state index in [1.165, 1.54) is 0 Å². The second kappa shape index (κ2) is 7.07. The fourth-order valence-corrected chi connectivity index (χ4v) is 1.58. The fourth-order valence-electron chi connectivity index (χ4n) is 1.58. The monoisotopic (exact) mass is 305 g/mol. The van der Waals surface area contributed by atoms with Gasteiger partial charge in [0.05, 0.1) is 13.2 Å². The maximum Gasteiger partial charge on any atom is 0.673 e. The van der Waals surface area contributed by atoms with Gasteiger partial charge in [-0.15, -0.1) is 5.10 Å². The van der Waals surface area contributed by atoms with Crippen molar-refractivity contribution in [2.75, 3.05) is 21.1 Å². The molecule has 0 saturated carbocycles. The Morgan fingerprint density at radius 2 is 1.81 bits per heavy atom. The van der Waals surface area contributed by atoms with E-state index >= 15 is 0 Å². The first kappa shape index (κ1) is 17.0. The van der Waals surface area contributed by atoms with Gasteiger partial charge in [-0.2, -0.15) is 4.68 Å². The van der Waals surface area contributed by atoms with Gasteiger partial charge in [-0.25, -0.2) is 0 Å². The molecule has 21 heavy (non-hydrogen) atoms. The van der Waals surface area contributed by atoms with E-state index in [0.29, 0.717) is 0 Å². The van der Waals surface area contributed by atoms with Crippen molar-refractivity contribution < 1.29 is 22.6 Å². The van der Waals surface area contributed by atoms with Gasteiger partial charge < -0.3 is 22.2 Å². The lowest BCUT2D eigenvalue weighted by molar-refractivity contribution is -0.538. The molecule has 0 saturated heterocycles. The number of rotatable bonds is 3. The Balaban J connectivity index is 0.000000383. The second-order valence-corrected chi connectivity index (χ2v) is 4.29. The molecule has 0 fully saturated rings. The van der Waals surface area contributed by atoms with Crippen molar-refractivity contribution >= 4 is 24.1 Å². The molecule has 2 N–H and O–H groups in total. The first-order chi connectivity index (χ1) is 9.72. The van der Waals surface area contributed by atoms with Crippen molar-refractivity contribution in [3.05, 3.63) is 30.5 Å². The number of hydrogen-bond acceptors (Lipinski definition) is 3. The van der Waals surface area contributed by atoms with Crippen LogP contribution >= 0.6 is 0 Å². The van der Waals surface area contributed by atoms with Crippen LogP contribution in [0.2, 0.25) is 0 Å². The lowest BCUT2D eigenvalue weighted by Gasteiger charge is -2.07. The summed E-state index contributed by atoms with van der Waals surface area (Å²) < 4.78 is 40.8. The second-order valence-electron chi connectivity index (χ2n) is 4.29. The molecular weight excluding hydrogens is 289 g/mol. The predicted octanol–water partition coefficient (Wildman–Crippen LogP) is 1.24. The van der Waals surface area contributed by atoms with E-state index in [1.807, 2.05) is 66.5 Å². The number of nitrogens with zero attached hydrogens (tertiary/aromatic N) is 4. The Bertz CT molecular complexity index is 602. The Morgan fingerprint density at radius 1 is 1.24 bits per heavy atom. The molecule has 0 aliphatic carbocycles. The van der Waals surface area contributed by atoms with Crippen LogP contribution in [-0.4, -0.2) is 48.3 Å². The molecule has 0 aliphatic rings. The molecule has 1 aromatic heterocycles. The van der Waals surface area contributed by atoms with Gasteiger partial charge in [0.2, 0.25) is 5.82 Å². The summed E-state index contributed by atoms with van der Waals surface area (Å²) in [6.07, 6.45) is 2.02. The van der Waals surface area contributed by atoms with Crippen LogP contribution in [0.4, 0.5) is 17.3 Å². The summed E-state index contributed by atoms with van der Waals surface area (Å²) in [6, 6.07) is 7.93. The van der Waals surface area contributed by atoms with Crippen molar-refractivity contribution in [2.45, 2.75) is 0 Å². The van der Waals surface area contributed by atoms with E-state index in [4.69, 9.17) is 0 Å². The van der Waals surface area contributed by atoms with Gasteiger partial charge in [-0.1, -0.05) is 17.3 Å². The van der Waals surface area contributed by atoms with Crippen molar-refractivity contribution in [2.24, 2.45) is 0 Å². The number of nitrogens with two attached hydrogens (primary N) is 1. The van der Waals surface area contributed by atoms with E-state index in [-0.39, 0.29) is 0 Å².